The third kappa shape index (κ3) is 5.53. The summed E-state index contributed by atoms with van der Waals surface area (Å²) in [6.07, 6.45) is 1.80. The first-order valence-corrected chi connectivity index (χ1v) is 12.2. The minimum Gasteiger partial charge on any atom is -0.493 e. The number of anilines is 1. The summed E-state index contributed by atoms with van der Waals surface area (Å²) >= 11 is 0. The quantitative estimate of drug-likeness (QED) is 0.447. The first kappa shape index (κ1) is 23.9. The van der Waals surface area contributed by atoms with Gasteiger partial charge in [0.15, 0.2) is 17.3 Å². The molecule has 7 heteroatoms. The molecule has 3 aromatic carbocycles. The summed E-state index contributed by atoms with van der Waals surface area (Å²) in [5.41, 5.74) is 2.95. The average molecular weight is 487 g/mol. The SMILES string of the molecule is COc1cc(N2CC=C(Oc3ccc(-c4ccccc4)cc3)C2=O)ccc1OCCN1CCOCC1. The normalized spacial score (nSPS) is 16.1. The highest BCUT2D eigenvalue weighted by molar-refractivity contribution is 6.07. The molecule has 0 N–H and O–H groups in total. The van der Waals surface area contributed by atoms with Crippen molar-refractivity contribution in [1.29, 1.82) is 0 Å². The lowest BCUT2D eigenvalue weighted by Crippen LogP contribution is -2.38. The molecule has 2 heterocycles. The van der Waals surface area contributed by atoms with E-state index in [-0.39, 0.29) is 5.91 Å². The Kier molecular flexibility index (Phi) is 7.50. The second-order valence-electron chi connectivity index (χ2n) is 8.61. The van der Waals surface area contributed by atoms with Gasteiger partial charge in [0.25, 0.3) is 5.91 Å². The fourth-order valence-corrected chi connectivity index (χ4v) is 4.31. The average Bonchev–Trinajstić information content (AvgIpc) is 3.30. The topological polar surface area (TPSA) is 60.5 Å². The van der Waals surface area contributed by atoms with Crippen LogP contribution in [0.2, 0.25) is 0 Å². The van der Waals surface area contributed by atoms with Crippen molar-refractivity contribution >= 4 is 11.6 Å². The number of hydrogen-bond acceptors (Lipinski definition) is 6. The zero-order valence-corrected chi connectivity index (χ0v) is 20.4. The van der Waals surface area contributed by atoms with E-state index in [0.29, 0.717) is 36.2 Å². The second-order valence-corrected chi connectivity index (χ2v) is 8.61. The maximum atomic E-state index is 13.1. The van der Waals surface area contributed by atoms with Crippen LogP contribution in [0.3, 0.4) is 0 Å². The maximum Gasteiger partial charge on any atom is 0.294 e. The van der Waals surface area contributed by atoms with Crippen LogP contribution < -0.4 is 19.1 Å². The van der Waals surface area contributed by atoms with E-state index in [2.05, 4.69) is 17.0 Å². The molecular formula is C29H30N2O5. The van der Waals surface area contributed by atoms with Crippen LogP contribution in [0.1, 0.15) is 0 Å². The van der Waals surface area contributed by atoms with Gasteiger partial charge in [-0.2, -0.15) is 0 Å². The Morgan fingerprint density at radius 1 is 0.889 bits per heavy atom. The number of nitrogens with zero attached hydrogens (tertiary/aromatic N) is 2. The minimum absolute atomic E-state index is 0.190. The van der Waals surface area contributed by atoms with Crippen molar-refractivity contribution in [3.05, 3.63) is 84.6 Å². The summed E-state index contributed by atoms with van der Waals surface area (Å²) in [5, 5.41) is 0. The van der Waals surface area contributed by atoms with Crippen molar-refractivity contribution in [2.45, 2.75) is 0 Å². The Morgan fingerprint density at radius 3 is 2.39 bits per heavy atom. The van der Waals surface area contributed by atoms with Gasteiger partial charge in [0.05, 0.1) is 20.3 Å². The minimum atomic E-state index is -0.190. The lowest BCUT2D eigenvalue weighted by molar-refractivity contribution is -0.116. The van der Waals surface area contributed by atoms with Gasteiger partial charge in [-0.3, -0.25) is 9.69 Å². The van der Waals surface area contributed by atoms with E-state index < -0.39 is 0 Å². The Morgan fingerprint density at radius 2 is 1.64 bits per heavy atom. The summed E-state index contributed by atoms with van der Waals surface area (Å²) in [7, 11) is 1.60. The smallest absolute Gasteiger partial charge is 0.294 e. The number of methoxy groups -OCH3 is 1. The van der Waals surface area contributed by atoms with Crippen molar-refractivity contribution in [1.82, 2.24) is 4.90 Å². The third-order valence-corrected chi connectivity index (χ3v) is 6.33. The standard InChI is InChI=1S/C29H30N2O5/c1-33-28-21-24(9-12-26(28)35-20-17-30-15-18-34-19-16-30)31-14-13-27(29(31)32)36-25-10-7-23(8-11-25)22-5-3-2-4-6-22/h2-13,21H,14-20H2,1H3. The van der Waals surface area contributed by atoms with Crippen molar-refractivity contribution in [2.24, 2.45) is 0 Å². The van der Waals surface area contributed by atoms with Crippen LogP contribution in [0.5, 0.6) is 17.2 Å². The van der Waals surface area contributed by atoms with E-state index in [1.54, 1.807) is 18.1 Å². The Bertz CT molecular complexity index is 1200. The first-order chi connectivity index (χ1) is 17.7. The van der Waals surface area contributed by atoms with Gasteiger partial charge in [0.1, 0.15) is 12.4 Å². The number of benzene rings is 3. The number of amides is 1. The molecule has 0 atom stereocenters. The van der Waals surface area contributed by atoms with Gasteiger partial charge >= 0.3 is 0 Å². The lowest BCUT2D eigenvalue weighted by Gasteiger charge is -2.26. The van der Waals surface area contributed by atoms with E-state index >= 15 is 0 Å². The van der Waals surface area contributed by atoms with Crippen LogP contribution in [-0.4, -0.2) is 63.9 Å². The second kappa shape index (κ2) is 11.3. The Hall–Kier alpha value is -3.81. The highest BCUT2D eigenvalue weighted by Gasteiger charge is 2.28. The zero-order chi connectivity index (χ0) is 24.7. The molecule has 0 radical (unpaired) electrons. The highest BCUT2D eigenvalue weighted by atomic mass is 16.5. The molecule has 36 heavy (non-hydrogen) atoms. The molecule has 0 unspecified atom stereocenters. The van der Waals surface area contributed by atoms with Crippen molar-refractivity contribution in [2.75, 3.05) is 58.0 Å². The molecular weight excluding hydrogens is 456 g/mol. The van der Waals surface area contributed by atoms with E-state index in [0.717, 1.165) is 49.7 Å². The molecule has 2 aliphatic heterocycles. The molecule has 1 saturated heterocycles. The van der Waals surface area contributed by atoms with Crippen molar-refractivity contribution in [3.63, 3.8) is 0 Å². The monoisotopic (exact) mass is 486 g/mol. The largest absolute Gasteiger partial charge is 0.493 e. The van der Waals surface area contributed by atoms with Gasteiger partial charge in [0, 0.05) is 37.9 Å². The van der Waals surface area contributed by atoms with Crippen LogP contribution in [0.25, 0.3) is 11.1 Å². The van der Waals surface area contributed by atoms with Crippen molar-refractivity contribution < 1.29 is 23.7 Å². The molecule has 3 aromatic rings. The molecule has 5 rings (SSSR count). The third-order valence-electron chi connectivity index (χ3n) is 6.33. The van der Waals surface area contributed by atoms with Crippen LogP contribution in [0.4, 0.5) is 5.69 Å². The predicted octanol–water partition coefficient (Wildman–Crippen LogP) is 4.38. The molecule has 0 aromatic heterocycles. The maximum absolute atomic E-state index is 13.1. The molecule has 1 amide bonds. The molecule has 1 fully saturated rings. The predicted molar refractivity (Wildman–Crippen MR) is 139 cm³/mol. The zero-order valence-electron chi connectivity index (χ0n) is 20.4. The Balaban J connectivity index is 1.19. The van der Waals surface area contributed by atoms with E-state index in [4.69, 9.17) is 18.9 Å². The first-order valence-electron chi connectivity index (χ1n) is 12.2. The number of hydrogen-bond donors (Lipinski definition) is 0. The summed E-state index contributed by atoms with van der Waals surface area (Å²) in [6, 6.07) is 23.4. The molecule has 0 spiro atoms. The van der Waals surface area contributed by atoms with E-state index in [1.807, 2.05) is 60.7 Å². The number of carbonyl (C=O) groups excluding carboxylic acids is 1. The van der Waals surface area contributed by atoms with Gasteiger partial charge in [0.2, 0.25) is 0 Å². The lowest BCUT2D eigenvalue weighted by atomic mass is 10.1. The molecule has 186 valence electrons. The summed E-state index contributed by atoms with van der Waals surface area (Å²) in [5.74, 6) is 1.99. The summed E-state index contributed by atoms with van der Waals surface area (Å²) in [4.78, 5) is 17.1. The van der Waals surface area contributed by atoms with E-state index in [9.17, 15) is 4.79 Å². The van der Waals surface area contributed by atoms with Crippen LogP contribution in [0.15, 0.2) is 84.6 Å². The van der Waals surface area contributed by atoms with Gasteiger partial charge in [-0.15, -0.1) is 0 Å². The van der Waals surface area contributed by atoms with Gasteiger partial charge in [-0.05, 0) is 41.5 Å². The van der Waals surface area contributed by atoms with Crippen LogP contribution in [0, 0.1) is 0 Å². The summed E-state index contributed by atoms with van der Waals surface area (Å²) in [6.45, 7) is 5.19. The van der Waals surface area contributed by atoms with Crippen LogP contribution in [-0.2, 0) is 9.53 Å². The van der Waals surface area contributed by atoms with Gasteiger partial charge in [-0.1, -0.05) is 42.5 Å². The molecule has 2 aliphatic rings. The molecule has 0 saturated carbocycles. The Labute approximate surface area is 211 Å². The fraction of sp³-hybridized carbons (Fsp3) is 0.276. The molecule has 7 nitrogen and oxygen atoms in total. The fourth-order valence-electron chi connectivity index (χ4n) is 4.31. The number of rotatable bonds is 9. The van der Waals surface area contributed by atoms with E-state index in [1.165, 1.54) is 0 Å². The van der Waals surface area contributed by atoms with Gasteiger partial charge < -0.3 is 23.8 Å². The number of carbonyl (C=O) groups is 1. The molecule has 0 aliphatic carbocycles. The van der Waals surface area contributed by atoms with Crippen LogP contribution >= 0.6 is 0 Å². The number of morpholine rings is 1. The van der Waals surface area contributed by atoms with Crippen molar-refractivity contribution in [3.8, 4) is 28.4 Å². The van der Waals surface area contributed by atoms with Gasteiger partial charge in [-0.25, -0.2) is 0 Å². The summed E-state index contributed by atoms with van der Waals surface area (Å²) < 4.78 is 22.8. The number of ether oxygens (including phenoxy) is 4. The highest BCUT2D eigenvalue weighted by Crippen LogP contribution is 2.34. The molecule has 0 bridgehead atoms.